The molecule has 0 fully saturated rings. The number of benzene rings is 1. The molecule has 0 radical (unpaired) electrons. The molecule has 3 rings (SSSR count). The lowest BCUT2D eigenvalue weighted by Crippen LogP contribution is -2.37. The van der Waals surface area contributed by atoms with E-state index in [0.29, 0.717) is 37.1 Å². The first-order valence-corrected chi connectivity index (χ1v) is 9.40. The molecule has 3 aromatic rings. The summed E-state index contributed by atoms with van der Waals surface area (Å²) in [4.78, 5) is 40.5. The maximum absolute atomic E-state index is 12.4. The first-order valence-electron chi connectivity index (χ1n) is 9.40. The molecule has 148 valence electrons. The normalized spacial score (nSPS) is 11.1. The summed E-state index contributed by atoms with van der Waals surface area (Å²) in [5, 5.41) is 2.93. The summed E-state index contributed by atoms with van der Waals surface area (Å²) in [5.74, 6) is -0.00205. The van der Waals surface area contributed by atoms with Crippen LogP contribution in [0, 0.1) is 0 Å². The van der Waals surface area contributed by atoms with E-state index in [1.807, 2.05) is 18.2 Å². The van der Waals surface area contributed by atoms with Crippen LogP contribution >= 0.6 is 0 Å². The lowest BCUT2D eigenvalue weighted by atomic mass is 10.1. The van der Waals surface area contributed by atoms with Crippen molar-refractivity contribution in [2.45, 2.75) is 32.2 Å². The summed E-state index contributed by atoms with van der Waals surface area (Å²) in [7, 11) is 3.04. The average molecular weight is 383 g/mol. The van der Waals surface area contributed by atoms with E-state index < -0.39 is 5.69 Å². The molecular weight excluding hydrogens is 358 g/mol. The number of carbonyl (C=O) groups is 1. The quantitative estimate of drug-likeness (QED) is 0.587. The predicted molar refractivity (Wildman–Crippen MR) is 107 cm³/mol. The Morgan fingerprint density at radius 1 is 1.07 bits per heavy atom. The van der Waals surface area contributed by atoms with E-state index in [4.69, 9.17) is 0 Å². The molecule has 0 aliphatic heterocycles. The van der Waals surface area contributed by atoms with Crippen LogP contribution in [0.4, 0.5) is 0 Å². The lowest BCUT2D eigenvalue weighted by molar-refractivity contribution is -0.121. The van der Waals surface area contributed by atoms with Crippen molar-refractivity contribution >= 4 is 17.1 Å². The summed E-state index contributed by atoms with van der Waals surface area (Å²) in [6, 6.07) is 10.2. The van der Waals surface area contributed by atoms with Crippen LogP contribution in [0.15, 0.2) is 46.2 Å². The summed E-state index contributed by atoms with van der Waals surface area (Å²) < 4.78 is 4.13. The molecule has 0 unspecified atom stereocenters. The molecule has 2 heterocycles. The smallest absolute Gasteiger partial charge is 0.332 e. The standard InChI is InChI=1S/C20H25N5O3/c1-23-18-17(19(27)24(2)20(23)28)25(14-22-18)13-7-11-16(26)21-12-6-10-15-8-4-3-5-9-15/h3-5,8-9,14H,6-7,10-13H2,1-2H3,(H,21,26). The molecule has 0 saturated carbocycles. The molecule has 8 heteroatoms. The van der Waals surface area contributed by atoms with Crippen molar-refractivity contribution in [1.82, 2.24) is 24.0 Å². The monoisotopic (exact) mass is 383 g/mol. The average Bonchev–Trinajstić information content (AvgIpc) is 3.13. The molecule has 0 aliphatic rings. The van der Waals surface area contributed by atoms with Gasteiger partial charge in [0, 0.05) is 33.6 Å². The van der Waals surface area contributed by atoms with Crippen LogP contribution in [-0.4, -0.2) is 31.1 Å². The van der Waals surface area contributed by atoms with E-state index >= 15 is 0 Å². The number of hydrogen-bond donors (Lipinski definition) is 1. The first kappa shape index (κ1) is 19.6. The molecule has 0 spiro atoms. The Hall–Kier alpha value is -3.16. The van der Waals surface area contributed by atoms with Crippen LogP contribution in [0.1, 0.15) is 24.8 Å². The Morgan fingerprint density at radius 2 is 1.82 bits per heavy atom. The van der Waals surface area contributed by atoms with Crippen molar-refractivity contribution in [2.75, 3.05) is 6.54 Å². The third kappa shape index (κ3) is 4.21. The highest BCUT2D eigenvalue weighted by Gasteiger charge is 2.14. The van der Waals surface area contributed by atoms with Crippen LogP contribution < -0.4 is 16.6 Å². The third-order valence-electron chi connectivity index (χ3n) is 4.83. The molecule has 1 amide bonds. The van der Waals surface area contributed by atoms with Gasteiger partial charge in [-0.15, -0.1) is 0 Å². The Morgan fingerprint density at radius 3 is 2.57 bits per heavy atom. The van der Waals surface area contributed by atoms with Crippen molar-refractivity contribution in [3.05, 3.63) is 63.1 Å². The SMILES string of the molecule is Cn1c(=O)c2c(ncn2CCCC(=O)NCCCc2ccccc2)n(C)c1=O. The molecule has 0 aliphatic carbocycles. The molecule has 28 heavy (non-hydrogen) atoms. The predicted octanol–water partition coefficient (Wildman–Crippen LogP) is 0.963. The molecule has 1 aromatic carbocycles. The number of nitrogens with zero attached hydrogens (tertiary/aromatic N) is 4. The Labute approximate surface area is 162 Å². The second-order valence-electron chi connectivity index (χ2n) is 6.86. The second kappa shape index (κ2) is 8.69. The number of rotatable bonds is 8. The molecule has 0 bridgehead atoms. The highest BCUT2D eigenvalue weighted by atomic mass is 16.2. The molecule has 8 nitrogen and oxygen atoms in total. The minimum absolute atomic E-state index is 0.00205. The van der Waals surface area contributed by atoms with E-state index in [9.17, 15) is 14.4 Å². The zero-order valence-corrected chi connectivity index (χ0v) is 16.2. The van der Waals surface area contributed by atoms with Crippen molar-refractivity contribution in [1.29, 1.82) is 0 Å². The van der Waals surface area contributed by atoms with Gasteiger partial charge in [0.1, 0.15) is 0 Å². The van der Waals surface area contributed by atoms with Crippen LogP contribution in [0.5, 0.6) is 0 Å². The van der Waals surface area contributed by atoms with Gasteiger partial charge in [-0.1, -0.05) is 30.3 Å². The van der Waals surface area contributed by atoms with Gasteiger partial charge in [-0.2, -0.15) is 0 Å². The zero-order valence-electron chi connectivity index (χ0n) is 16.2. The van der Waals surface area contributed by atoms with Gasteiger partial charge in [-0.05, 0) is 24.8 Å². The van der Waals surface area contributed by atoms with Crippen molar-refractivity contribution < 1.29 is 4.79 Å². The summed E-state index contributed by atoms with van der Waals surface area (Å²) in [5.41, 5.74) is 1.23. The van der Waals surface area contributed by atoms with Gasteiger partial charge in [0.25, 0.3) is 5.56 Å². The number of hydrogen-bond acceptors (Lipinski definition) is 4. The number of nitrogens with one attached hydrogen (secondary N) is 1. The summed E-state index contributed by atoms with van der Waals surface area (Å²) in [6.07, 6.45) is 4.33. The van der Waals surface area contributed by atoms with Crippen LogP contribution in [0.3, 0.4) is 0 Å². The lowest BCUT2D eigenvalue weighted by Gasteiger charge is -2.07. The molecule has 0 saturated heterocycles. The second-order valence-corrected chi connectivity index (χ2v) is 6.86. The molecular formula is C20H25N5O3. The van der Waals surface area contributed by atoms with E-state index in [1.54, 1.807) is 17.9 Å². The number of carbonyl (C=O) groups excluding carboxylic acids is 1. The highest BCUT2D eigenvalue weighted by molar-refractivity contribution is 5.75. The Balaban J connectivity index is 1.49. The van der Waals surface area contributed by atoms with Crippen LogP contribution in [-0.2, 0) is 31.9 Å². The Kier molecular flexibility index (Phi) is 6.08. The largest absolute Gasteiger partial charge is 0.356 e. The maximum atomic E-state index is 12.4. The fraction of sp³-hybridized carbons (Fsp3) is 0.400. The minimum atomic E-state index is -0.405. The van der Waals surface area contributed by atoms with Gasteiger partial charge in [0.2, 0.25) is 5.91 Å². The van der Waals surface area contributed by atoms with E-state index in [1.165, 1.54) is 17.2 Å². The first-order chi connectivity index (χ1) is 13.5. The fourth-order valence-electron chi connectivity index (χ4n) is 3.23. The van der Waals surface area contributed by atoms with Gasteiger partial charge in [0.15, 0.2) is 11.2 Å². The fourth-order valence-corrected chi connectivity index (χ4v) is 3.23. The number of amides is 1. The van der Waals surface area contributed by atoms with Gasteiger partial charge in [0.05, 0.1) is 6.33 Å². The highest BCUT2D eigenvalue weighted by Crippen LogP contribution is 2.07. The number of aryl methyl sites for hydroxylation is 3. The molecule has 2 aromatic heterocycles. The summed E-state index contributed by atoms with van der Waals surface area (Å²) >= 11 is 0. The zero-order chi connectivity index (χ0) is 20.1. The van der Waals surface area contributed by atoms with Crippen molar-refractivity contribution in [3.8, 4) is 0 Å². The Bertz CT molecular complexity index is 1080. The van der Waals surface area contributed by atoms with Crippen molar-refractivity contribution in [3.63, 3.8) is 0 Å². The van der Waals surface area contributed by atoms with Gasteiger partial charge >= 0.3 is 5.69 Å². The number of imidazole rings is 1. The number of fused-ring (bicyclic) bond motifs is 1. The summed E-state index contributed by atoms with van der Waals surface area (Å²) in [6.45, 7) is 1.13. The number of aromatic nitrogens is 4. The van der Waals surface area contributed by atoms with Crippen LogP contribution in [0.25, 0.3) is 11.2 Å². The van der Waals surface area contributed by atoms with Crippen LogP contribution in [0.2, 0.25) is 0 Å². The van der Waals surface area contributed by atoms with Gasteiger partial charge < -0.3 is 9.88 Å². The third-order valence-corrected chi connectivity index (χ3v) is 4.83. The van der Waals surface area contributed by atoms with E-state index in [2.05, 4.69) is 22.4 Å². The maximum Gasteiger partial charge on any atom is 0.332 e. The van der Waals surface area contributed by atoms with E-state index in [-0.39, 0.29) is 11.5 Å². The van der Waals surface area contributed by atoms with E-state index in [0.717, 1.165) is 17.4 Å². The van der Waals surface area contributed by atoms with Gasteiger partial charge in [-0.25, -0.2) is 9.78 Å². The van der Waals surface area contributed by atoms with Gasteiger partial charge in [-0.3, -0.25) is 18.7 Å². The minimum Gasteiger partial charge on any atom is -0.356 e. The molecule has 0 atom stereocenters. The topological polar surface area (TPSA) is 90.9 Å². The van der Waals surface area contributed by atoms with Crippen molar-refractivity contribution in [2.24, 2.45) is 14.1 Å². The molecule has 1 N–H and O–H groups in total.